The number of rotatable bonds is 2. The molecule has 1 aromatic rings. The lowest BCUT2D eigenvalue weighted by molar-refractivity contribution is -0.00224. The first-order valence-corrected chi connectivity index (χ1v) is 4.14. The van der Waals surface area contributed by atoms with Gasteiger partial charge in [0.1, 0.15) is 11.4 Å². The van der Waals surface area contributed by atoms with Crippen LogP contribution < -0.4 is 0 Å². The van der Waals surface area contributed by atoms with Gasteiger partial charge in [0.2, 0.25) is 0 Å². The van der Waals surface area contributed by atoms with Crippen molar-refractivity contribution in [3.05, 3.63) is 34.6 Å². The molecule has 0 spiro atoms. The number of benzene rings is 1. The summed E-state index contributed by atoms with van der Waals surface area (Å²) in [4.78, 5) is 0. The predicted molar refractivity (Wildman–Crippen MR) is 48.1 cm³/mol. The van der Waals surface area contributed by atoms with Crippen LogP contribution in [0.4, 0.5) is 4.39 Å². The zero-order chi connectivity index (χ0) is 10.1. The van der Waals surface area contributed by atoms with E-state index in [9.17, 15) is 9.50 Å². The van der Waals surface area contributed by atoms with Crippen molar-refractivity contribution in [3.63, 3.8) is 0 Å². The summed E-state index contributed by atoms with van der Waals surface area (Å²) < 4.78 is 12.6. The van der Waals surface area contributed by atoms with Crippen molar-refractivity contribution >= 4 is 11.6 Å². The van der Waals surface area contributed by atoms with Gasteiger partial charge in [-0.25, -0.2) is 4.39 Å². The summed E-state index contributed by atoms with van der Waals surface area (Å²) in [6.45, 7) is 0.949. The minimum Gasteiger partial charge on any atom is -0.393 e. The molecule has 1 rings (SSSR count). The molecule has 72 valence electrons. The highest BCUT2D eigenvalue weighted by Gasteiger charge is 2.24. The van der Waals surface area contributed by atoms with Crippen LogP contribution in [-0.2, 0) is 5.60 Å². The van der Waals surface area contributed by atoms with Crippen LogP contribution in [0.3, 0.4) is 0 Å². The Labute approximate surface area is 80.6 Å². The molecule has 0 aliphatic heterocycles. The van der Waals surface area contributed by atoms with E-state index in [0.717, 1.165) is 6.07 Å². The highest BCUT2D eigenvalue weighted by molar-refractivity contribution is 6.31. The lowest BCUT2D eigenvalue weighted by atomic mass is 9.97. The molecule has 0 amide bonds. The number of hydrogen-bond acceptors (Lipinski definition) is 2. The summed E-state index contributed by atoms with van der Waals surface area (Å²) in [6, 6.07) is 3.64. The minimum absolute atomic E-state index is 0.110. The van der Waals surface area contributed by atoms with Crippen LogP contribution in [0.5, 0.6) is 0 Å². The van der Waals surface area contributed by atoms with E-state index in [1.165, 1.54) is 19.1 Å². The molecule has 0 aliphatic carbocycles. The van der Waals surface area contributed by atoms with Gasteiger partial charge in [-0.05, 0) is 19.1 Å². The van der Waals surface area contributed by atoms with E-state index in [1.54, 1.807) is 0 Å². The normalized spacial score (nSPS) is 15.5. The second-order valence-electron chi connectivity index (χ2n) is 3.06. The Bertz CT molecular complexity index is 312. The van der Waals surface area contributed by atoms with Crippen LogP contribution in [0.15, 0.2) is 18.2 Å². The molecule has 13 heavy (non-hydrogen) atoms. The summed E-state index contributed by atoms with van der Waals surface area (Å²) in [5.74, 6) is -0.470. The lowest BCUT2D eigenvalue weighted by Crippen LogP contribution is -2.26. The van der Waals surface area contributed by atoms with E-state index in [-0.39, 0.29) is 5.02 Å². The van der Waals surface area contributed by atoms with Gasteiger partial charge in [-0.3, -0.25) is 0 Å². The molecule has 0 radical (unpaired) electrons. The Balaban J connectivity index is 3.16. The van der Waals surface area contributed by atoms with Gasteiger partial charge >= 0.3 is 0 Å². The molecule has 0 saturated heterocycles. The largest absolute Gasteiger partial charge is 0.393 e. The van der Waals surface area contributed by atoms with Crippen LogP contribution in [0.2, 0.25) is 5.02 Å². The van der Waals surface area contributed by atoms with Crippen LogP contribution >= 0.6 is 11.6 Å². The lowest BCUT2D eigenvalue weighted by Gasteiger charge is -2.21. The zero-order valence-corrected chi connectivity index (χ0v) is 7.85. The topological polar surface area (TPSA) is 40.5 Å². The van der Waals surface area contributed by atoms with E-state index in [0.29, 0.717) is 5.56 Å². The molecule has 1 aromatic carbocycles. The van der Waals surface area contributed by atoms with Crippen LogP contribution in [0.25, 0.3) is 0 Å². The standard InChI is InChI=1S/C9H10ClFO2/c1-9(13,5-12)7-3-2-6(11)4-8(7)10/h2-4,12-13H,5H2,1H3. The monoisotopic (exact) mass is 204 g/mol. The van der Waals surface area contributed by atoms with Crippen molar-refractivity contribution in [3.8, 4) is 0 Å². The molecule has 0 heterocycles. The van der Waals surface area contributed by atoms with E-state index in [1.807, 2.05) is 0 Å². The average Bonchev–Trinajstić information content (AvgIpc) is 2.03. The zero-order valence-electron chi connectivity index (χ0n) is 7.09. The third-order valence-corrected chi connectivity index (χ3v) is 2.13. The average molecular weight is 205 g/mol. The van der Waals surface area contributed by atoms with E-state index in [2.05, 4.69) is 0 Å². The Hall–Kier alpha value is -0.640. The molecular weight excluding hydrogens is 195 g/mol. The molecule has 0 fully saturated rings. The quantitative estimate of drug-likeness (QED) is 0.770. The van der Waals surface area contributed by atoms with E-state index in [4.69, 9.17) is 16.7 Å². The van der Waals surface area contributed by atoms with Gasteiger partial charge in [-0.15, -0.1) is 0 Å². The molecule has 4 heteroatoms. The Morgan fingerprint density at radius 1 is 1.54 bits per heavy atom. The maximum absolute atomic E-state index is 12.6. The fraction of sp³-hybridized carbons (Fsp3) is 0.333. The predicted octanol–water partition coefficient (Wildman–Crippen LogP) is 1.68. The van der Waals surface area contributed by atoms with Crippen LogP contribution in [0.1, 0.15) is 12.5 Å². The van der Waals surface area contributed by atoms with E-state index >= 15 is 0 Å². The van der Waals surface area contributed by atoms with Crippen molar-refractivity contribution in [2.45, 2.75) is 12.5 Å². The molecule has 1 unspecified atom stereocenters. The molecule has 2 N–H and O–H groups in total. The summed E-state index contributed by atoms with van der Waals surface area (Å²) >= 11 is 5.68. The first-order chi connectivity index (χ1) is 5.97. The SMILES string of the molecule is CC(O)(CO)c1ccc(F)cc1Cl. The van der Waals surface area contributed by atoms with Gasteiger partial charge in [-0.2, -0.15) is 0 Å². The summed E-state index contributed by atoms with van der Waals surface area (Å²) in [5.41, 5.74) is -1.11. The smallest absolute Gasteiger partial charge is 0.124 e. The number of aliphatic hydroxyl groups is 2. The van der Waals surface area contributed by atoms with Crippen molar-refractivity contribution in [1.29, 1.82) is 0 Å². The van der Waals surface area contributed by atoms with Gasteiger partial charge in [0.05, 0.1) is 6.61 Å². The Kier molecular flexibility index (Phi) is 2.91. The molecule has 1 atom stereocenters. The fourth-order valence-corrected chi connectivity index (χ4v) is 1.38. The van der Waals surface area contributed by atoms with Gasteiger partial charge in [0.25, 0.3) is 0 Å². The first kappa shape index (κ1) is 10.4. The van der Waals surface area contributed by atoms with Gasteiger partial charge < -0.3 is 10.2 Å². The van der Waals surface area contributed by atoms with Crippen molar-refractivity contribution in [2.24, 2.45) is 0 Å². The van der Waals surface area contributed by atoms with Crippen molar-refractivity contribution in [2.75, 3.05) is 6.61 Å². The molecule has 0 bridgehead atoms. The first-order valence-electron chi connectivity index (χ1n) is 3.76. The third-order valence-electron chi connectivity index (χ3n) is 1.82. The number of aliphatic hydroxyl groups excluding tert-OH is 1. The van der Waals surface area contributed by atoms with Gasteiger partial charge in [-0.1, -0.05) is 17.7 Å². The molecule has 2 nitrogen and oxygen atoms in total. The van der Waals surface area contributed by atoms with Crippen LogP contribution in [-0.4, -0.2) is 16.8 Å². The highest BCUT2D eigenvalue weighted by Crippen LogP contribution is 2.27. The third kappa shape index (κ3) is 2.18. The Morgan fingerprint density at radius 2 is 2.15 bits per heavy atom. The van der Waals surface area contributed by atoms with Crippen molar-refractivity contribution < 1.29 is 14.6 Å². The summed E-state index contributed by atoms with van der Waals surface area (Å²) in [6.07, 6.45) is 0. The minimum atomic E-state index is -1.43. The maximum atomic E-state index is 12.6. The van der Waals surface area contributed by atoms with Gasteiger partial charge in [0.15, 0.2) is 0 Å². The second-order valence-corrected chi connectivity index (χ2v) is 3.46. The van der Waals surface area contributed by atoms with Gasteiger partial charge in [0, 0.05) is 10.6 Å². The van der Waals surface area contributed by atoms with E-state index < -0.39 is 18.0 Å². The molecule has 0 aromatic heterocycles. The summed E-state index contributed by atoms with van der Waals surface area (Å²) in [7, 11) is 0. The second kappa shape index (κ2) is 3.62. The summed E-state index contributed by atoms with van der Waals surface area (Å²) in [5, 5.41) is 18.6. The molecule has 0 saturated carbocycles. The Morgan fingerprint density at radius 3 is 2.62 bits per heavy atom. The number of hydrogen-bond donors (Lipinski definition) is 2. The fourth-order valence-electron chi connectivity index (χ4n) is 1.01. The highest BCUT2D eigenvalue weighted by atomic mass is 35.5. The maximum Gasteiger partial charge on any atom is 0.124 e. The molecule has 0 aliphatic rings. The van der Waals surface area contributed by atoms with Crippen molar-refractivity contribution in [1.82, 2.24) is 0 Å². The molecular formula is C9H10ClFO2. The number of halogens is 2. The van der Waals surface area contributed by atoms with Crippen LogP contribution in [0, 0.1) is 5.82 Å².